The molecular weight excluding hydrogens is 382 g/mol. The van der Waals surface area contributed by atoms with Gasteiger partial charge in [0.05, 0.1) is 4.47 Å². The van der Waals surface area contributed by atoms with Gasteiger partial charge in [0.1, 0.15) is 23.5 Å². The Morgan fingerprint density at radius 3 is 2.60 bits per heavy atom. The van der Waals surface area contributed by atoms with Gasteiger partial charge in [-0.1, -0.05) is 36.4 Å². The number of amides is 1. The third-order valence-electron chi connectivity index (χ3n) is 3.22. The highest BCUT2D eigenvalue weighted by molar-refractivity contribution is 9.10. The topological polar surface area (TPSA) is 85.9 Å². The Hall–Kier alpha value is -3.09. The summed E-state index contributed by atoms with van der Waals surface area (Å²) in [6.45, 7) is 0.294. The third-order valence-corrected chi connectivity index (χ3v) is 3.84. The van der Waals surface area contributed by atoms with Gasteiger partial charge in [-0.25, -0.2) is 0 Å². The monoisotopic (exact) mass is 395 g/mol. The van der Waals surface area contributed by atoms with Gasteiger partial charge >= 0.3 is 0 Å². The van der Waals surface area contributed by atoms with Crippen LogP contribution in [0.2, 0.25) is 0 Å². The van der Waals surface area contributed by atoms with E-state index < -0.39 is 5.91 Å². The van der Waals surface area contributed by atoms with Crippen molar-refractivity contribution in [1.29, 1.82) is 10.5 Å². The molecule has 0 heterocycles. The fourth-order valence-electron chi connectivity index (χ4n) is 2.02. The SMILES string of the molecule is N#CCOc1ccc(/C=C(/C#N)C(=O)NCc2ccccc2)cc1Br. The summed E-state index contributed by atoms with van der Waals surface area (Å²) in [5.41, 5.74) is 1.63. The normalized spacial score (nSPS) is 10.4. The molecule has 0 aliphatic carbocycles. The number of carbonyl (C=O) groups excluding carboxylic acids is 1. The highest BCUT2D eigenvalue weighted by atomic mass is 79.9. The van der Waals surface area contributed by atoms with E-state index in [9.17, 15) is 10.1 Å². The fraction of sp³-hybridized carbons (Fsp3) is 0.105. The van der Waals surface area contributed by atoms with Crippen molar-refractivity contribution < 1.29 is 9.53 Å². The predicted octanol–water partition coefficient (Wildman–Crippen LogP) is 3.57. The maximum atomic E-state index is 12.2. The number of nitrogens with one attached hydrogen (secondary N) is 1. The van der Waals surface area contributed by atoms with Gasteiger partial charge in [0.15, 0.2) is 6.61 Å². The quantitative estimate of drug-likeness (QED) is 0.598. The Balaban J connectivity index is 2.08. The molecule has 0 aliphatic rings. The van der Waals surface area contributed by atoms with E-state index in [1.807, 2.05) is 42.5 Å². The van der Waals surface area contributed by atoms with Crippen molar-refractivity contribution in [2.45, 2.75) is 6.54 Å². The molecule has 6 heteroatoms. The zero-order valence-electron chi connectivity index (χ0n) is 13.2. The Labute approximate surface area is 154 Å². The summed E-state index contributed by atoms with van der Waals surface area (Å²) in [6.07, 6.45) is 1.50. The second-order valence-electron chi connectivity index (χ2n) is 4.97. The van der Waals surface area contributed by atoms with Gasteiger partial charge in [-0.3, -0.25) is 4.79 Å². The van der Waals surface area contributed by atoms with Crippen LogP contribution in [0.4, 0.5) is 0 Å². The maximum absolute atomic E-state index is 12.2. The Kier molecular flexibility index (Phi) is 6.76. The van der Waals surface area contributed by atoms with Crippen molar-refractivity contribution in [2.75, 3.05) is 6.61 Å². The van der Waals surface area contributed by atoms with Crippen molar-refractivity contribution in [3.63, 3.8) is 0 Å². The molecule has 1 N–H and O–H groups in total. The minimum absolute atomic E-state index is 0.00789. The van der Waals surface area contributed by atoms with E-state index in [1.54, 1.807) is 18.2 Å². The molecule has 0 atom stereocenters. The van der Waals surface area contributed by atoms with Crippen LogP contribution in [0.25, 0.3) is 6.08 Å². The molecule has 124 valence electrons. The first kappa shape index (κ1) is 18.3. The van der Waals surface area contributed by atoms with Crippen LogP contribution in [0.3, 0.4) is 0 Å². The van der Waals surface area contributed by atoms with Crippen molar-refractivity contribution >= 4 is 27.9 Å². The summed E-state index contributed by atoms with van der Waals surface area (Å²) in [5.74, 6) is 0.0815. The van der Waals surface area contributed by atoms with Gasteiger partial charge < -0.3 is 10.1 Å². The molecule has 5 nitrogen and oxygen atoms in total. The average molecular weight is 396 g/mol. The number of nitriles is 2. The first-order valence-electron chi connectivity index (χ1n) is 7.37. The van der Waals surface area contributed by atoms with Crippen LogP contribution in [0.5, 0.6) is 5.75 Å². The average Bonchev–Trinajstić information content (AvgIpc) is 2.64. The van der Waals surface area contributed by atoms with Crippen LogP contribution >= 0.6 is 15.9 Å². The van der Waals surface area contributed by atoms with E-state index in [4.69, 9.17) is 10.00 Å². The van der Waals surface area contributed by atoms with Crippen molar-refractivity contribution in [1.82, 2.24) is 5.32 Å². The highest BCUT2D eigenvalue weighted by Gasteiger charge is 2.09. The van der Waals surface area contributed by atoms with Crippen molar-refractivity contribution in [3.05, 3.63) is 69.7 Å². The lowest BCUT2D eigenvalue weighted by Crippen LogP contribution is -2.23. The smallest absolute Gasteiger partial charge is 0.262 e. The lowest BCUT2D eigenvalue weighted by atomic mass is 10.1. The molecule has 1 amide bonds. The number of benzene rings is 2. The van der Waals surface area contributed by atoms with Gasteiger partial charge in [-0.15, -0.1) is 0 Å². The summed E-state index contributed by atoms with van der Waals surface area (Å²) in [5, 5.41) is 20.5. The molecule has 25 heavy (non-hydrogen) atoms. The highest BCUT2D eigenvalue weighted by Crippen LogP contribution is 2.26. The van der Waals surface area contributed by atoms with Gasteiger partial charge in [-0.2, -0.15) is 10.5 Å². The largest absolute Gasteiger partial charge is 0.478 e. The van der Waals surface area contributed by atoms with Gasteiger partial charge in [-0.05, 0) is 45.3 Å². The second kappa shape index (κ2) is 9.27. The summed E-state index contributed by atoms with van der Waals surface area (Å²) in [7, 11) is 0. The zero-order chi connectivity index (χ0) is 18.1. The number of hydrogen-bond donors (Lipinski definition) is 1. The van der Waals surface area contributed by atoms with Gasteiger partial charge in [0.2, 0.25) is 0 Å². The lowest BCUT2D eigenvalue weighted by Gasteiger charge is -2.06. The van der Waals surface area contributed by atoms with Crippen LogP contribution in [-0.4, -0.2) is 12.5 Å². The first-order valence-corrected chi connectivity index (χ1v) is 8.16. The van der Waals surface area contributed by atoms with E-state index in [-0.39, 0.29) is 12.2 Å². The van der Waals surface area contributed by atoms with Gasteiger partial charge in [0.25, 0.3) is 5.91 Å². The van der Waals surface area contributed by atoms with Crippen LogP contribution < -0.4 is 10.1 Å². The first-order chi connectivity index (χ1) is 12.1. The Morgan fingerprint density at radius 2 is 1.96 bits per heavy atom. The van der Waals surface area contributed by atoms with E-state index in [0.717, 1.165) is 5.56 Å². The molecule has 0 spiro atoms. The Bertz CT molecular complexity index is 864. The minimum Gasteiger partial charge on any atom is -0.478 e. The Morgan fingerprint density at radius 1 is 1.20 bits per heavy atom. The molecule has 2 aromatic rings. The summed E-state index contributed by atoms with van der Waals surface area (Å²) in [4.78, 5) is 12.2. The number of halogens is 1. The molecule has 0 radical (unpaired) electrons. The van der Waals surface area contributed by atoms with Crippen molar-refractivity contribution in [3.8, 4) is 17.9 Å². The van der Waals surface area contributed by atoms with Crippen LogP contribution in [0, 0.1) is 22.7 Å². The maximum Gasteiger partial charge on any atom is 0.262 e. The third kappa shape index (κ3) is 5.49. The van der Waals surface area contributed by atoms with Crippen LogP contribution in [-0.2, 0) is 11.3 Å². The lowest BCUT2D eigenvalue weighted by molar-refractivity contribution is -0.117. The molecule has 2 rings (SSSR count). The standard InChI is InChI=1S/C19H14BrN3O2/c20-17-11-15(6-7-18(17)25-9-8-21)10-16(12-22)19(24)23-13-14-4-2-1-3-5-14/h1-7,10-11H,9,13H2,(H,23,24)/b16-10-. The molecular formula is C19H14BrN3O2. The molecule has 0 unspecified atom stereocenters. The van der Waals surface area contributed by atoms with E-state index in [1.165, 1.54) is 6.08 Å². The van der Waals surface area contributed by atoms with E-state index in [2.05, 4.69) is 21.2 Å². The molecule has 2 aromatic carbocycles. The molecule has 0 saturated carbocycles. The van der Waals surface area contributed by atoms with E-state index in [0.29, 0.717) is 22.3 Å². The number of nitrogens with zero attached hydrogens (tertiary/aromatic N) is 2. The number of hydrogen-bond acceptors (Lipinski definition) is 4. The van der Waals surface area contributed by atoms with Crippen LogP contribution in [0.15, 0.2) is 58.6 Å². The van der Waals surface area contributed by atoms with Gasteiger partial charge in [0, 0.05) is 6.54 Å². The fourth-order valence-corrected chi connectivity index (χ4v) is 2.53. The van der Waals surface area contributed by atoms with E-state index >= 15 is 0 Å². The number of carbonyl (C=O) groups is 1. The summed E-state index contributed by atoms with van der Waals surface area (Å²) < 4.78 is 5.87. The zero-order valence-corrected chi connectivity index (χ0v) is 14.8. The minimum atomic E-state index is -0.438. The molecule has 0 bridgehead atoms. The summed E-state index contributed by atoms with van der Waals surface area (Å²) >= 11 is 3.34. The number of ether oxygens (including phenoxy) is 1. The molecule has 0 fully saturated rings. The predicted molar refractivity (Wildman–Crippen MR) is 97.1 cm³/mol. The molecule has 0 aliphatic heterocycles. The number of rotatable bonds is 6. The van der Waals surface area contributed by atoms with Crippen molar-refractivity contribution in [2.24, 2.45) is 0 Å². The molecule has 0 aromatic heterocycles. The second-order valence-corrected chi connectivity index (χ2v) is 5.83. The molecule has 0 saturated heterocycles. The summed E-state index contributed by atoms with van der Waals surface area (Å²) in [6, 6.07) is 18.4. The van der Waals surface area contributed by atoms with Crippen LogP contribution in [0.1, 0.15) is 11.1 Å².